The number of amides is 5. The zero-order chi connectivity index (χ0) is 36.2. The Balaban J connectivity index is 1.39. The van der Waals surface area contributed by atoms with Crippen molar-refractivity contribution < 1.29 is 28.8 Å². The summed E-state index contributed by atoms with van der Waals surface area (Å²) < 4.78 is 0. The number of hydrogen-bond donors (Lipinski definition) is 4. The Kier molecular flexibility index (Phi) is 11.2. The van der Waals surface area contributed by atoms with E-state index in [0.717, 1.165) is 24.0 Å². The van der Waals surface area contributed by atoms with Crippen molar-refractivity contribution >= 4 is 46.8 Å². The first-order valence-corrected chi connectivity index (χ1v) is 17.7. The number of carbonyl (C=O) groups is 5. The number of urea groups is 1. The van der Waals surface area contributed by atoms with Crippen LogP contribution >= 0.6 is 11.6 Å². The molecular formula is C37H47ClN6O6. The van der Waals surface area contributed by atoms with Gasteiger partial charge in [0, 0.05) is 29.5 Å². The second-order valence-corrected chi connectivity index (χ2v) is 15.1. The van der Waals surface area contributed by atoms with Gasteiger partial charge in [0.1, 0.15) is 12.1 Å². The topological polar surface area (TPSA) is 158 Å². The molecule has 1 saturated carbocycles. The molecule has 50 heavy (non-hydrogen) atoms. The molecule has 1 aliphatic carbocycles. The van der Waals surface area contributed by atoms with E-state index in [1.54, 1.807) is 18.2 Å². The second kappa shape index (κ2) is 15.2. The van der Waals surface area contributed by atoms with E-state index < -0.39 is 58.7 Å². The van der Waals surface area contributed by atoms with Gasteiger partial charge in [-0.2, -0.15) is 0 Å². The van der Waals surface area contributed by atoms with Crippen LogP contribution in [0.5, 0.6) is 0 Å². The summed E-state index contributed by atoms with van der Waals surface area (Å²) in [5.41, 5.74) is 0.470. The lowest BCUT2D eigenvalue weighted by molar-refractivity contribution is -0.144. The Labute approximate surface area is 298 Å². The number of ketones is 1. The quantitative estimate of drug-likeness (QED) is 0.240. The largest absolute Gasteiger partial charge is 0.387 e. The van der Waals surface area contributed by atoms with Crippen molar-refractivity contribution in [2.45, 2.75) is 109 Å². The Morgan fingerprint density at radius 2 is 1.74 bits per heavy atom. The number of oxime groups is 1. The highest BCUT2D eigenvalue weighted by Gasteiger charge is 2.55. The summed E-state index contributed by atoms with van der Waals surface area (Å²) >= 11 is 6.24. The molecule has 1 saturated heterocycles. The Morgan fingerprint density at radius 1 is 1.02 bits per heavy atom. The molecule has 2 heterocycles. The SMILES string of the molecule is CCC[C@H](NC(=O)[C@@H]1C[C@]2(CC(c3cccc(Cl)c3)=NO2)CN1C(=O)[C@@H](NC(=O)N[C@@H](C)c1ccccc1)C(C)(C)C)C(=O)C(=O)NC1CC1. The zero-order valence-electron chi connectivity index (χ0n) is 29.3. The van der Waals surface area contributed by atoms with Crippen molar-refractivity contribution in [3.8, 4) is 0 Å². The van der Waals surface area contributed by atoms with E-state index in [2.05, 4.69) is 26.4 Å². The minimum atomic E-state index is -1.08. The van der Waals surface area contributed by atoms with Crippen LogP contribution in [0.2, 0.25) is 5.02 Å². The molecule has 2 fully saturated rings. The normalized spacial score (nSPS) is 21.8. The molecule has 0 radical (unpaired) electrons. The lowest BCUT2D eigenvalue weighted by atomic mass is 9.85. The van der Waals surface area contributed by atoms with Crippen LogP contribution in [0.15, 0.2) is 59.8 Å². The molecule has 0 aromatic heterocycles. The maximum atomic E-state index is 14.6. The molecule has 0 unspecified atom stereocenters. The van der Waals surface area contributed by atoms with Crippen LogP contribution in [-0.4, -0.2) is 76.5 Å². The molecule has 3 aliphatic rings. The number of rotatable bonds is 12. The maximum Gasteiger partial charge on any atom is 0.315 e. The number of hydrogen-bond acceptors (Lipinski definition) is 7. The first-order valence-electron chi connectivity index (χ1n) is 17.3. The molecule has 0 bridgehead atoms. The first kappa shape index (κ1) is 36.8. The highest BCUT2D eigenvalue weighted by atomic mass is 35.5. The van der Waals surface area contributed by atoms with Crippen molar-refractivity contribution in [3.05, 3.63) is 70.7 Å². The Hall–Kier alpha value is -4.45. The molecule has 5 amide bonds. The molecule has 12 nitrogen and oxygen atoms in total. The number of halogens is 1. The summed E-state index contributed by atoms with van der Waals surface area (Å²) in [4.78, 5) is 75.4. The molecule has 1 spiro atoms. The average molecular weight is 707 g/mol. The number of benzene rings is 2. The molecule has 4 N–H and O–H groups in total. The van der Waals surface area contributed by atoms with Gasteiger partial charge < -0.3 is 31.0 Å². The van der Waals surface area contributed by atoms with Crippen LogP contribution in [0.4, 0.5) is 4.79 Å². The first-order chi connectivity index (χ1) is 23.7. The number of likely N-dealkylation sites (tertiary alicyclic amines) is 1. The molecule has 268 valence electrons. The van der Waals surface area contributed by atoms with E-state index in [4.69, 9.17) is 16.4 Å². The van der Waals surface area contributed by atoms with Gasteiger partial charge in [-0.25, -0.2) is 4.79 Å². The van der Waals surface area contributed by atoms with Crippen molar-refractivity contribution in [3.63, 3.8) is 0 Å². The highest BCUT2D eigenvalue weighted by Crippen LogP contribution is 2.40. The number of carbonyl (C=O) groups excluding carboxylic acids is 5. The van der Waals surface area contributed by atoms with Crippen molar-refractivity contribution in [2.75, 3.05) is 6.54 Å². The van der Waals surface area contributed by atoms with Gasteiger partial charge in [0.15, 0.2) is 5.60 Å². The van der Waals surface area contributed by atoms with Gasteiger partial charge in [-0.3, -0.25) is 19.2 Å². The van der Waals surface area contributed by atoms with Gasteiger partial charge in [0.2, 0.25) is 17.6 Å². The number of Topliss-reactive ketones (excluding diaryl/α,β-unsaturated/α-hetero) is 1. The molecule has 5 atom stereocenters. The molecule has 2 aliphatic heterocycles. The fourth-order valence-electron chi connectivity index (χ4n) is 6.43. The molecule has 2 aromatic rings. The highest BCUT2D eigenvalue weighted by molar-refractivity contribution is 6.38. The standard InChI is InChI=1S/C37H47ClN6O6/c1-6-11-27(30(45)33(47)40-26-16-17-26)41-32(46)29-20-37(19-28(43-50-37)24-14-10-15-25(38)18-24)21-44(29)34(48)31(36(3,4)5)42-35(49)39-22(2)23-12-8-7-9-13-23/h7-10,12-15,18,22,26-27,29,31H,6,11,16-17,19-21H2,1-5H3,(H,40,47)(H,41,46)(H2,39,42,49)/t22-,27-,29-,31+,37+/m0/s1. The van der Waals surface area contributed by atoms with E-state index in [0.29, 0.717) is 23.6 Å². The van der Waals surface area contributed by atoms with E-state index >= 15 is 0 Å². The van der Waals surface area contributed by atoms with Crippen molar-refractivity contribution in [1.82, 2.24) is 26.2 Å². The summed E-state index contributed by atoms with van der Waals surface area (Å²) in [5.74, 6) is -2.52. The maximum absolute atomic E-state index is 14.6. The summed E-state index contributed by atoms with van der Waals surface area (Å²) in [6.45, 7) is 9.20. The predicted octanol–water partition coefficient (Wildman–Crippen LogP) is 4.41. The third kappa shape index (κ3) is 8.82. The van der Waals surface area contributed by atoms with Crippen LogP contribution in [0.3, 0.4) is 0 Å². The van der Waals surface area contributed by atoms with Gasteiger partial charge in [-0.05, 0) is 49.3 Å². The number of nitrogens with zero attached hydrogens (tertiary/aromatic N) is 2. The van der Waals surface area contributed by atoms with Crippen molar-refractivity contribution in [2.24, 2.45) is 10.6 Å². The van der Waals surface area contributed by atoms with Gasteiger partial charge in [-0.15, -0.1) is 0 Å². The van der Waals surface area contributed by atoms with E-state index in [1.165, 1.54) is 4.90 Å². The van der Waals surface area contributed by atoms with Crippen molar-refractivity contribution in [1.29, 1.82) is 0 Å². The van der Waals surface area contributed by atoms with E-state index in [1.807, 2.05) is 71.0 Å². The predicted molar refractivity (Wildman–Crippen MR) is 189 cm³/mol. The second-order valence-electron chi connectivity index (χ2n) is 14.7. The van der Waals surface area contributed by atoms with Crippen LogP contribution < -0.4 is 21.3 Å². The zero-order valence-corrected chi connectivity index (χ0v) is 30.0. The minimum absolute atomic E-state index is 0.00232. The summed E-state index contributed by atoms with van der Waals surface area (Å²) in [5, 5.41) is 16.1. The van der Waals surface area contributed by atoms with Gasteiger partial charge in [0.25, 0.3) is 5.91 Å². The van der Waals surface area contributed by atoms with E-state index in [9.17, 15) is 24.0 Å². The summed E-state index contributed by atoms with van der Waals surface area (Å²) in [7, 11) is 0. The molecule has 2 aromatic carbocycles. The molecular weight excluding hydrogens is 660 g/mol. The lowest BCUT2D eigenvalue weighted by Crippen LogP contribution is -2.60. The molecule has 13 heteroatoms. The fraction of sp³-hybridized carbons (Fsp3) is 0.514. The monoisotopic (exact) mass is 706 g/mol. The lowest BCUT2D eigenvalue weighted by Gasteiger charge is -2.36. The third-order valence-corrected chi connectivity index (χ3v) is 9.60. The Bertz CT molecular complexity index is 1640. The number of nitrogens with one attached hydrogen (secondary N) is 4. The third-order valence-electron chi connectivity index (χ3n) is 9.37. The van der Waals surface area contributed by atoms with Crippen LogP contribution in [0.25, 0.3) is 0 Å². The van der Waals surface area contributed by atoms with Gasteiger partial charge >= 0.3 is 6.03 Å². The summed E-state index contributed by atoms with van der Waals surface area (Å²) in [6.07, 6.45) is 2.79. The average Bonchev–Trinajstić information content (AvgIpc) is 3.67. The van der Waals surface area contributed by atoms with Crippen LogP contribution in [0, 0.1) is 5.41 Å². The van der Waals surface area contributed by atoms with Gasteiger partial charge in [0.05, 0.1) is 24.3 Å². The fourth-order valence-corrected chi connectivity index (χ4v) is 6.62. The smallest absolute Gasteiger partial charge is 0.315 e. The van der Waals surface area contributed by atoms with E-state index in [-0.39, 0.29) is 31.5 Å². The van der Waals surface area contributed by atoms with Crippen LogP contribution in [-0.2, 0) is 24.0 Å². The Morgan fingerprint density at radius 3 is 2.38 bits per heavy atom. The van der Waals surface area contributed by atoms with Gasteiger partial charge in [-0.1, -0.05) is 93.3 Å². The molecule has 5 rings (SSSR count). The summed E-state index contributed by atoms with van der Waals surface area (Å²) in [6, 6.07) is 12.6. The van der Waals surface area contributed by atoms with Crippen LogP contribution in [0.1, 0.15) is 90.3 Å². The minimum Gasteiger partial charge on any atom is -0.387 e.